The Morgan fingerprint density at radius 1 is 1.40 bits per heavy atom. The van der Waals surface area contributed by atoms with Gasteiger partial charge in [0, 0.05) is 32.3 Å². The second-order valence-electron chi connectivity index (χ2n) is 5.11. The van der Waals surface area contributed by atoms with Gasteiger partial charge in [-0.05, 0) is 25.0 Å². The molecule has 1 aliphatic heterocycles. The number of hydrogen-bond donors (Lipinski definition) is 0. The molecule has 1 amide bonds. The van der Waals surface area contributed by atoms with Gasteiger partial charge in [-0.15, -0.1) is 10.2 Å². The summed E-state index contributed by atoms with van der Waals surface area (Å²) in [5, 5.41) is 8.09. The van der Waals surface area contributed by atoms with Crippen molar-refractivity contribution in [1.29, 1.82) is 0 Å². The third-order valence-electron chi connectivity index (χ3n) is 3.70. The highest BCUT2D eigenvalue weighted by Gasteiger charge is 2.28. The van der Waals surface area contributed by atoms with Gasteiger partial charge in [-0.3, -0.25) is 9.78 Å². The molecule has 6 nitrogen and oxygen atoms in total. The number of pyridine rings is 1. The van der Waals surface area contributed by atoms with Gasteiger partial charge >= 0.3 is 0 Å². The van der Waals surface area contributed by atoms with Crippen LogP contribution < -0.4 is 0 Å². The molecule has 3 rings (SSSR count). The molecule has 1 fully saturated rings. The van der Waals surface area contributed by atoms with E-state index in [9.17, 15) is 4.79 Å². The van der Waals surface area contributed by atoms with Gasteiger partial charge < -0.3 is 9.47 Å². The number of likely N-dealkylation sites (tertiary alicyclic amines) is 1. The Kier molecular flexibility index (Phi) is 3.45. The van der Waals surface area contributed by atoms with Crippen molar-refractivity contribution in [2.24, 2.45) is 7.05 Å². The van der Waals surface area contributed by atoms with E-state index < -0.39 is 0 Å². The third-order valence-corrected chi connectivity index (χ3v) is 3.70. The number of hydrogen-bond acceptors (Lipinski definition) is 4. The summed E-state index contributed by atoms with van der Waals surface area (Å²) in [4.78, 5) is 18.4. The smallest absolute Gasteiger partial charge is 0.272 e. The van der Waals surface area contributed by atoms with Crippen molar-refractivity contribution in [3.05, 3.63) is 42.2 Å². The number of carbonyl (C=O) groups is 1. The fraction of sp³-hybridized carbons (Fsp3) is 0.429. The lowest BCUT2D eigenvalue weighted by atomic mass is 9.97. The van der Waals surface area contributed by atoms with Gasteiger partial charge in [-0.25, -0.2) is 0 Å². The van der Waals surface area contributed by atoms with Gasteiger partial charge in [0.25, 0.3) is 5.91 Å². The summed E-state index contributed by atoms with van der Waals surface area (Å²) in [6, 6.07) is 5.41. The van der Waals surface area contributed by atoms with Crippen LogP contribution in [0.3, 0.4) is 0 Å². The predicted molar refractivity (Wildman–Crippen MR) is 73.1 cm³/mol. The number of aromatic nitrogens is 4. The molecule has 1 saturated heterocycles. The zero-order valence-electron chi connectivity index (χ0n) is 11.4. The van der Waals surface area contributed by atoms with E-state index in [1.807, 2.05) is 28.6 Å². The van der Waals surface area contributed by atoms with Gasteiger partial charge in [-0.1, -0.05) is 6.07 Å². The minimum Gasteiger partial charge on any atom is -0.337 e. The molecule has 104 valence electrons. The number of carbonyl (C=O) groups excluding carboxylic acids is 1. The van der Waals surface area contributed by atoms with E-state index >= 15 is 0 Å². The SMILES string of the molecule is Cn1cnnc1[C@H]1CCCN(C(=O)c2ccccn2)C1. The van der Waals surface area contributed by atoms with Crippen LogP contribution in [-0.4, -0.2) is 43.6 Å². The molecule has 2 aromatic rings. The van der Waals surface area contributed by atoms with Crippen molar-refractivity contribution in [3.63, 3.8) is 0 Å². The van der Waals surface area contributed by atoms with E-state index in [1.54, 1.807) is 18.6 Å². The summed E-state index contributed by atoms with van der Waals surface area (Å²) in [5.74, 6) is 1.20. The summed E-state index contributed by atoms with van der Waals surface area (Å²) >= 11 is 0. The van der Waals surface area contributed by atoms with Crippen LogP contribution in [-0.2, 0) is 7.05 Å². The van der Waals surface area contributed by atoms with Crippen LogP contribution in [0.4, 0.5) is 0 Å². The van der Waals surface area contributed by atoms with Crippen LogP contribution in [0.5, 0.6) is 0 Å². The molecule has 0 radical (unpaired) electrons. The molecule has 3 heterocycles. The van der Waals surface area contributed by atoms with E-state index in [-0.39, 0.29) is 11.8 Å². The van der Waals surface area contributed by atoms with Crippen molar-refractivity contribution in [3.8, 4) is 0 Å². The largest absolute Gasteiger partial charge is 0.337 e. The lowest BCUT2D eigenvalue weighted by molar-refractivity contribution is 0.0697. The van der Waals surface area contributed by atoms with Gasteiger partial charge in [0.1, 0.15) is 17.8 Å². The molecule has 1 aliphatic rings. The van der Waals surface area contributed by atoms with E-state index in [4.69, 9.17) is 0 Å². The lowest BCUT2D eigenvalue weighted by Crippen LogP contribution is -2.40. The Bertz CT molecular complexity index is 595. The van der Waals surface area contributed by atoms with Crippen LogP contribution in [0.1, 0.15) is 35.1 Å². The molecule has 2 aromatic heterocycles. The highest BCUT2D eigenvalue weighted by Crippen LogP contribution is 2.25. The lowest BCUT2D eigenvalue weighted by Gasteiger charge is -2.31. The highest BCUT2D eigenvalue weighted by molar-refractivity contribution is 5.92. The maximum atomic E-state index is 12.4. The molecule has 20 heavy (non-hydrogen) atoms. The Morgan fingerprint density at radius 2 is 2.30 bits per heavy atom. The van der Waals surface area contributed by atoms with Crippen molar-refractivity contribution in [2.75, 3.05) is 13.1 Å². The fourth-order valence-corrected chi connectivity index (χ4v) is 2.69. The average molecular weight is 271 g/mol. The van der Waals surface area contributed by atoms with E-state index in [2.05, 4.69) is 15.2 Å². The maximum Gasteiger partial charge on any atom is 0.272 e. The number of rotatable bonds is 2. The maximum absolute atomic E-state index is 12.4. The van der Waals surface area contributed by atoms with Gasteiger partial charge in [0.05, 0.1) is 0 Å². The monoisotopic (exact) mass is 271 g/mol. The molecule has 0 unspecified atom stereocenters. The van der Waals surface area contributed by atoms with Gasteiger partial charge in [-0.2, -0.15) is 0 Å². The van der Waals surface area contributed by atoms with Crippen LogP contribution >= 0.6 is 0 Å². The first-order chi connectivity index (χ1) is 9.75. The zero-order chi connectivity index (χ0) is 13.9. The van der Waals surface area contributed by atoms with E-state index in [0.717, 1.165) is 25.2 Å². The molecule has 0 bridgehead atoms. The molecule has 1 atom stereocenters. The van der Waals surface area contributed by atoms with Gasteiger partial charge in [0.15, 0.2) is 0 Å². The highest BCUT2D eigenvalue weighted by atomic mass is 16.2. The minimum absolute atomic E-state index is 0.00234. The Labute approximate surface area is 117 Å². The summed E-state index contributed by atoms with van der Waals surface area (Å²) in [6.45, 7) is 1.46. The van der Waals surface area contributed by atoms with Crippen molar-refractivity contribution in [2.45, 2.75) is 18.8 Å². The first-order valence-corrected chi connectivity index (χ1v) is 6.80. The molecule has 0 aliphatic carbocycles. The predicted octanol–water partition coefficient (Wildman–Crippen LogP) is 1.23. The molecule has 0 N–H and O–H groups in total. The molecule has 0 spiro atoms. The van der Waals surface area contributed by atoms with E-state index in [1.165, 1.54) is 0 Å². The molecule has 0 aromatic carbocycles. The van der Waals surface area contributed by atoms with Crippen LogP contribution in [0.25, 0.3) is 0 Å². The zero-order valence-corrected chi connectivity index (χ0v) is 11.4. The third kappa shape index (κ3) is 2.41. The van der Waals surface area contributed by atoms with Crippen LogP contribution in [0.15, 0.2) is 30.7 Å². The number of aryl methyl sites for hydroxylation is 1. The molecule has 0 saturated carbocycles. The summed E-state index contributed by atoms with van der Waals surface area (Å²) < 4.78 is 1.93. The second-order valence-corrected chi connectivity index (χ2v) is 5.11. The van der Waals surface area contributed by atoms with Crippen LogP contribution in [0.2, 0.25) is 0 Å². The standard InChI is InChI=1S/C14H17N5O/c1-18-10-16-17-13(18)11-5-4-8-19(9-11)14(20)12-6-2-3-7-15-12/h2-3,6-7,10-11H,4-5,8-9H2,1H3/t11-/m0/s1. The van der Waals surface area contributed by atoms with Gasteiger partial charge in [0.2, 0.25) is 0 Å². The van der Waals surface area contributed by atoms with Crippen molar-refractivity contribution in [1.82, 2.24) is 24.6 Å². The first kappa shape index (κ1) is 12.8. The number of nitrogens with zero attached hydrogens (tertiary/aromatic N) is 5. The summed E-state index contributed by atoms with van der Waals surface area (Å²) in [6.07, 6.45) is 5.38. The average Bonchev–Trinajstić information content (AvgIpc) is 2.94. The Balaban J connectivity index is 1.76. The Morgan fingerprint density at radius 3 is 3.00 bits per heavy atom. The minimum atomic E-state index is -0.00234. The quantitative estimate of drug-likeness (QED) is 0.824. The normalized spacial score (nSPS) is 19.1. The molecular weight excluding hydrogens is 254 g/mol. The molecular formula is C14H17N5O. The van der Waals surface area contributed by atoms with Crippen LogP contribution in [0, 0.1) is 0 Å². The Hall–Kier alpha value is -2.24. The topological polar surface area (TPSA) is 63.9 Å². The second kappa shape index (κ2) is 5.40. The van der Waals surface area contributed by atoms with E-state index in [0.29, 0.717) is 12.2 Å². The summed E-state index contributed by atoms with van der Waals surface area (Å²) in [5.41, 5.74) is 0.506. The molecule has 6 heteroatoms. The van der Waals surface area contributed by atoms with Crippen molar-refractivity contribution < 1.29 is 4.79 Å². The number of amides is 1. The van der Waals surface area contributed by atoms with Crippen molar-refractivity contribution >= 4 is 5.91 Å². The fourth-order valence-electron chi connectivity index (χ4n) is 2.69. The number of piperidine rings is 1. The summed E-state index contributed by atoms with van der Waals surface area (Å²) in [7, 11) is 1.94. The first-order valence-electron chi connectivity index (χ1n) is 6.80.